The van der Waals surface area contributed by atoms with Crippen molar-refractivity contribution in [3.63, 3.8) is 0 Å². The molecule has 1 aliphatic heterocycles. The van der Waals surface area contributed by atoms with Gasteiger partial charge in [-0.3, -0.25) is 0 Å². The highest BCUT2D eigenvalue weighted by Gasteiger charge is 2.10. The zero-order valence-corrected chi connectivity index (χ0v) is 8.14. The van der Waals surface area contributed by atoms with E-state index in [0.29, 0.717) is 6.61 Å². The molecule has 0 aromatic rings. The van der Waals surface area contributed by atoms with Crippen molar-refractivity contribution in [1.29, 1.82) is 0 Å². The van der Waals surface area contributed by atoms with Gasteiger partial charge in [-0.05, 0) is 39.3 Å². The monoisotopic (exact) mass is 183 g/mol. The first-order valence-corrected chi connectivity index (χ1v) is 4.91. The van der Waals surface area contributed by atoms with Crippen molar-refractivity contribution in [2.75, 3.05) is 19.7 Å². The minimum absolute atomic E-state index is 0.135. The third-order valence-electron chi connectivity index (χ3n) is 2.05. The first-order chi connectivity index (χ1) is 6.34. The maximum Gasteiger partial charge on any atom is 0.333 e. The lowest BCUT2D eigenvalue weighted by Gasteiger charge is -2.11. The molecule has 1 N–H and O–H groups in total. The summed E-state index contributed by atoms with van der Waals surface area (Å²) < 4.78 is 4.95. The molecule has 0 amide bonds. The zero-order chi connectivity index (χ0) is 9.52. The van der Waals surface area contributed by atoms with E-state index in [2.05, 4.69) is 5.32 Å². The maximum atomic E-state index is 11.4. The summed E-state index contributed by atoms with van der Waals surface area (Å²) in [7, 11) is 0. The van der Waals surface area contributed by atoms with Crippen molar-refractivity contribution >= 4 is 5.97 Å². The third kappa shape index (κ3) is 3.59. The van der Waals surface area contributed by atoms with Gasteiger partial charge in [-0.1, -0.05) is 6.08 Å². The molecule has 1 aliphatic rings. The van der Waals surface area contributed by atoms with Gasteiger partial charge in [-0.2, -0.15) is 0 Å². The van der Waals surface area contributed by atoms with E-state index in [1.54, 1.807) is 0 Å². The average Bonchev–Trinajstić information content (AvgIpc) is 2.03. The number of esters is 1. The van der Waals surface area contributed by atoms with Crippen LogP contribution in [0.4, 0.5) is 0 Å². The van der Waals surface area contributed by atoms with Gasteiger partial charge in [-0.15, -0.1) is 0 Å². The molecule has 0 bridgehead atoms. The van der Waals surface area contributed by atoms with Gasteiger partial charge < -0.3 is 10.1 Å². The van der Waals surface area contributed by atoms with Gasteiger partial charge in [0.25, 0.3) is 0 Å². The van der Waals surface area contributed by atoms with E-state index in [1.807, 2.05) is 13.0 Å². The lowest BCUT2D eigenvalue weighted by Crippen LogP contribution is -2.20. The second kappa shape index (κ2) is 5.75. The quantitative estimate of drug-likeness (QED) is 0.655. The summed E-state index contributed by atoms with van der Waals surface area (Å²) in [6.07, 6.45) is 4.77. The van der Waals surface area contributed by atoms with E-state index in [-0.39, 0.29) is 5.97 Å². The molecular weight excluding hydrogens is 166 g/mol. The van der Waals surface area contributed by atoms with Gasteiger partial charge in [0.05, 0.1) is 6.61 Å². The summed E-state index contributed by atoms with van der Waals surface area (Å²) >= 11 is 0. The molecule has 0 atom stereocenters. The SMILES string of the molecule is CCOC(=O)/C1=C/CCNCCC1. The zero-order valence-electron chi connectivity index (χ0n) is 8.14. The molecule has 0 aromatic heterocycles. The fourth-order valence-corrected chi connectivity index (χ4v) is 1.39. The molecule has 1 rings (SSSR count). The minimum Gasteiger partial charge on any atom is -0.463 e. The number of hydrogen-bond acceptors (Lipinski definition) is 3. The Morgan fingerprint density at radius 1 is 1.62 bits per heavy atom. The summed E-state index contributed by atoms with van der Waals surface area (Å²) in [4.78, 5) is 11.4. The van der Waals surface area contributed by atoms with Crippen molar-refractivity contribution in [2.24, 2.45) is 0 Å². The van der Waals surface area contributed by atoms with Crippen molar-refractivity contribution < 1.29 is 9.53 Å². The van der Waals surface area contributed by atoms with E-state index >= 15 is 0 Å². The van der Waals surface area contributed by atoms with E-state index in [1.165, 1.54) is 0 Å². The van der Waals surface area contributed by atoms with Crippen LogP contribution in [0, 0.1) is 0 Å². The van der Waals surface area contributed by atoms with Gasteiger partial charge in [-0.25, -0.2) is 4.79 Å². The Morgan fingerprint density at radius 3 is 3.23 bits per heavy atom. The summed E-state index contributed by atoms with van der Waals surface area (Å²) in [5.41, 5.74) is 0.850. The standard InChI is InChI=1S/C10H17NO2/c1-2-13-10(12)9-5-3-7-11-8-4-6-9/h5,11H,2-4,6-8H2,1H3/b9-5+. The Kier molecular flexibility index (Phi) is 4.54. The molecule has 1 heterocycles. The van der Waals surface area contributed by atoms with Crippen LogP contribution in [0.1, 0.15) is 26.2 Å². The second-order valence-electron chi connectivity index (χ2n) is 3.09. The maximum absolute atomic E-state index is 11.4. The van der Waals surface area contributed by atoms with Crippen LogP contribution in [0.3, 0.4) is 0 Å². The van der Waals surface area contributed by atoms with Gasteiger partial charge in [0.15, 0.2) is 0 Å². The molecule has 0 unspecified atom stereocenters. The topological polar surface area (TPSA) is 38.3 Å². The van der Waals surface area contributed by atoms with Crippen molar-refractivity contribution in [1.82, 2.24) is 5.32 Å². The highest BCUT2D eigenvalue weighted by molar-refractivity contribution is 5.88. The van der Waals surface area contributed by atoms with Crippen LogP contribution in [0.25, 0.3) is 0 Å². The number of carbonyl (C=O) groups excluding carboxylic acids is 1. The van der Waals surface area contributed by atoms with E-state index < -0.39 is 0 Å². The molecule has 13 heavy (non-hydrogen) atoms. The fraction of sp³-hybridized carbons (Fsp3) is 0.700. The lowest BCUT2D eigenvalue weighted by molar-refractivity contribution is -0.138. The van der Waals surface area contributed by atoms with E-state index in [4.69, 9.17) is 4.74 Å². The fourth-order valence-electron chi connectivity index (χ4n) is 1.39. The summed E-state index contributed by atoms with van der Waals surface area (Å²) in [6.45, 7) is 4.26. The van der Waals surface area contributed by atoms with Crippen molar-refractivity contribution in [3.05, 3.63) is 11.6 Å². The molecule has 0 aliphatic carbocycles. The first-order valence-electron chi connectivity index (χ1n) is 4.91. The Morgan fingerprint density at radius 2 is 2.46 bits per heavy atom. The highest BCUT2D eigenvalue weighted by atomic mass is 16.5. The molecule has 0 aromatic carbocycles. The Bertz CT molecular complexity index is 199. The molecule has 0 saturated heterocycles. The van der Waals surface area contributed by atoms with Crippen molar-refractivity contribution in [2.45, 2.75) is 26.2 Å². The number of carbonyl (C=O) groups is 1. The first kappa shape index (κ1) is 10.3. The van der Waals surface area contributed by atoms with Crippen LogP contribution in [0.5, 0.6) is 0 Å². The number of nitrogens with one attached hydrogen (secondary N) is 1. The number of hydrogen-bond donors (Lipinski definition) is 1. The van der Waals surface area contributed by atoms with E-state index in [9.17, 15) is 4.79 Å². The average molecular weight is 183 g/mol. The Balaban J connectivity index is 2.48. The number of rotatable bonds is 2. The number of ether oxygens (including phenoxy) is 1. The molecule has 0 spiro atoms. The summed E-state index contributed by atoms with van der Waals surface area (Å²) in [6, 6.07) is 0. The van der Waals surface area contributed by atoms with Crippen LogP contribution in [0.2, 0.25) is 0 Å². The molecular formula is C10H17NO2. The Labute approximate surface area is 79.2 Å². The second-order valence-corrected chi connectivity index (χ2v) is 3.09. The third-order valence-corrected chi connectivity index (χ3v) is 2.05. The van der Waals surface area contributed by atoms with Crippen LogP contribution in [-0.4, -0.2) is 25.7 Å². The van der Waals surface area contributed by atoms with Crippen molar-refractivity contribution in [3.8, 4) is 0 Å². The van der Waals surface area contributed by atoms with Gasteiger partial charge in [0.1, 0.15) is 0 Å². The molecule has 3 nitrogen and oxygen atoms in total. The Hall–Kier alpha value is -0.830. The summed E-state index contributed by atoms with van der Waals surface area (Å²) in [5, 5.41) is 3.28. The van der Waals surface area contributed by atoms with E-state index in [0.717, 1.165) is 37.9 Å². The van der Waals surface area contributed by atoms with Crippen LogP contribution >= 0.6 is 0 Å². The molecule has 0 radical (unpaired) electrons. The largest absolute Gasteiger partial charge is 0.463 e. The van der Waals surface area contributed by atoms with Gasteiger partial charge >= 0.3 is 5.97 Å². The van der Waals surface area contributed by atoms with Crippen LogP contribution in [-0.2, 0) is 9.53 Å². The molecule has 74 valence electrons. The molecule has 3 heteroatoms. The predicted molar refractivity (Wildman–Crippen MR) is 51.4 cm³/mol. The normalized spacial score (nSPS) is 22.4. The molecule has 0 fully saturated rings. The smallest absolute Gasteiger partial charge is 0.333 e. The molecule has 0 saturated carbocycles. The van der Waals surface area contributed by atoms with Gasteiger partial charge in [0, 0.05) is 5.57 Å². The van der Waals surface area contributed by atoms with Crippen LogP contribution in [0.15, 0.2) is 11.6 Å². The van der Waals surface area contributed by atoms with Crippen LogP contribution < -0.4 is 5.32 Å². The predicted octanol–water partition coefficient (Wildman–Crippen LogP) is 1.25. The van der Waals surface area contributed by atoms with Gasteiger partial charge in [0.2, 0.25) is 0 Å². The minimum atomic E-state index is -0.135. The summed E-state index contributed by atoms with van der Waals surface area (Å²) in [5.74, 6) is -0.135. The lowest BCUT2D eigenvalue weighted by atomic mass is 10.1. The highest BCUT2D eigenvalue weighted by Crippen LogP contribution is 2.09.